The van der Waals surface area contributed by atoms with Gasteiger partial charge in [0, 0.05) is 35.7 Å². The van der Waals surface area contributed by atoms with Gasteiger partial charge < -0.3 is 20.3 Å². The number of hydrogen-bond donors (Lipinski definition) is 2. The number of hydrogen-bond acceptors (Lipinski definition) is 5. The van der Waals surface area contributed by atoms with Crippen molar-refractivity contribution >= 4 is 28.9 Å². The zero-order chi connectivity index (χ0) is 24.6. The number of carbonyl (C=O) groups excluding carboxylic acids is 2. The average molecular weight is 473 g/mol. The van der Waals surface area contributed by atoms with E-state index in [4.69, 9.17) is 4.74 Å². The van der Waals surface area contributed by atoms with Gasteiger partial charge in [-0.1, -0.05) is 48.5 Å². The molecule has 2 amide bonds. The van der Waals surface area contributed by atoms with Crippen molar-refractivity contribution in [2.24, 2.45) is 0 Å². The van der Waals surface area contributed by atoms with Crippen LogP contribution >= 0.6 is 0 Å². The summed E-state index contributed by atoms with van der Waals surface area (Å²) in [4.78, 5) is 29.6. The van der Waals surface area contributed by atoms with Crippen LogP contribution in [0.4, 0.5) is 17.1 Å². The molecule has 3 aromatic rings. The minimum Gasteiger partial charge on any atom is -0.378 e. The van der Waals surface area contributed by atoms with Crippen LogP contribution < -0.4 is 15.5 Å². The average Bonchev–Trinajstić information content (AvgIpc) is 2.90. The summed E-state index contributed by atoms with van der Waals surface area (Å²) in [5.74, 6) is -0.338. The first-order valence-electron chi connectivity index (χ1n) is 11.9. The van der Waals surface area contributed by atoms with E-state index in [0.717, 1.165) is 54.5 Å². The minimum absolute atomic E-state index is 0.0974. The van der Waals surface area contributed by atoms with E-state index < -0.39 is 6.04 Å². The van der Waals surface area contributed by atoms with Crippen LogP contribution in [0.15, 0.2) is 78.9 Å². The predicted molar refractivity (Wildman–Crippen MR) is 141 cm³/mol. The molecule has 1 atom stereocenters. The molecule has 0 radical (unpaired) electrons. The molecule has 7 nitrogen and oxygen atoms in total. The number of benzene rings is 3. The highest BCUT2D eigenvalue weighted by atomic mass is 16.5. The number of nitrogens with one attached hydrogen (secondary N) is 2. The van der Waals surface area contributed by atoms with Crippen molar-refractivity contribution in [3.63, 3.8) is 0 Å². The molecule has 0 aromatic heterocycles. The quantitative estimate of drug-likeness (QED) is 0.517. The van der Waals surface area contributed by atoms with Crippen molar-refractivity contribution in [1.82, 2.24) is 4.90 Å². The molecule has 0 spiro atoms. The van der Waals surface area contributed by atoms with Crippen LogP contribution in [0.5, 0.6) is 0 Å². The van der Waals surface area contributed by atoms with E-state index in [2.05, 4.69) is 15.5 Å². The third-order valence-corrected chi connectivity index (χ3v) is 6.23. The highest BCUT2D eigenvalue weighted by Crippen LogP contribution is 2.27. The third-order valence-electron chi connectivity index (χ3n) is 6.23. The molecule has 35 heavy (non-hydrogen) atoms. The number of likely N-dealkylation sites (N-methyl/N-ethyl adjacent to an activating group) is 1. The van der Waals surface area contributed by atoms with Gasteiger partial charge in [0.1, 0.15) is 0 Å². The second kappa shape index (κ2) is 11.6. The number of morpholine rings is 1. The maximum Gasteiger partial charge on any atom is 0.241 e. The summed E-state index contributed by atoms with van der Waals surface area (Å²) in [5, 5.41) is 5.95. The third kappa shape index (κ3) is 6.47. The number of anilines is 3. The van der Waals surface area contributed by atoms with Crippen LogP contribution in [0.25, 0.3) is 11.1 Å². The Labute approximate surface area is 206 Å². The lowest BCUT2D eigenvalue weighted by Crippen LogP contribution is -2.43. The predicted octanol–water partition coefficient (Wildman–Crippen LogP) is 4.09. The number of rotatable bonds is 8. The summed E-state index contributed by atoms with van der Waals surface area (Å²) >= 11 is 0. The molecule has 1 fully saturated rings. The van der Waals surface area contributed by atoms with Gasteiger partial charge in [0.15, 0.2) is 0 Å². The molecule has 2 N–H and O–H groups in total. The highest BCUT2D eigenvalue weighted by Gasteiger charge is 2.21. The van der Waals surface area contributed by atoms with Gasteiger partial charge in [-0.15, -0.1) is 0 Å². The maximum atomic E-state index is 13.0. The second-order valence-electron chi connectivity index (χ2n) is 8.69. The molecule has 0 bridgehead atoms. The Kier molecular flexibility index (Phi) is 8.13. The fraction of sp³-hybridized carbons (Fsp3) is 0.286. The summed E-state index contributed by atoms with van der Waals surface area (Å²) in [6, 6.07) is 25.0. The summed E-state index contributed by atoms with van der Waals surface area (Å²) < 4.78 is 5.40. The first kappa shape index (κ1) is 24.4. The van der Waals surface area contributed by atoms with Gasteiger partial charge in [0.2, 0.25) is 11.8 Å². The Balaban J connectivity index is 1.31. The molecular weight excluding hydrogens is 440 g/mol. The van der Waals surface area contributed by atoms with Crippen LogP contribution in [-0.4, -0.2) is 62.7 Å². The van der Waals surface area contributed by atoms with E-state index in [9.17, 15) is 9.59 Å². The number of amides is 2. The zero-order valence-electron chi connectivity index (χ0n) is 20.2. The molecule has 4 rings (SSSR count). The van der Waals surface area contributed by atoms with E-state index >= 15 is 0 Å². The zero-order valence-corrected chi connectivity index (χ0v) is 20.2. The first-order chi connectivity index (χ1) is 17.0. The molecule has 1 aliphatic heterocycles. The van der Waals surface area contributed by atoms with Gasteiger partial charge in [-0.25, -0.2) is 0 Å². The van der Waals surface area contributed by atoms with Crippen LogP contribution in [-0.2, 0) is 14.3 Å². The molecule has 0 saturated carbocycles. The van der Waals surface area contributed by atoms with Gasteiger partial charge in [-0.05, 0) is 49.9 Å². The van der Waals surface area contributed by atoms with Gasteiger partial charge in [-0.3, -0.25) is 14.5 Å². The van der Waals surface area contributed by atoms with Crippen molar-refractivity contribution in [2.45, 2.75) is 13.0 Å². The fourth-order valence-corrected chi connectivity index (χ4v) is 4.04. The fourth-order valence-electron chi connectivity index (χ4n) is 4.04. The Hall–Kier alpha value is -3.68. The van der Waals surface area contributed by atoms with Crippen LogP contribution in [0.3, 0.4) is 0 Å². The lowest BCUT2D eigenvalue weighted by Gasteiger charge is -2.29. The summed E-state index contributed by atoms with van der Waals surface area (Å²) in [6.45, 7) is 5.09. The number of carbonyl (C=O) groups is 2. The normalized spacial score (nSPS) is 14.4. The Morgan fingerprint density at radius 2 is 1.57 bits per heavy atom. The summed E-state index contributed by atoms with van der Waals surface area (Å²) in [5.41, 5.74) is 4.57. The molecule has 1 aliphatic rings. The van der Waals surface area contributed by atoms with E-state index in [1.54, 1.807) is 18.9 Å². The number of nitrogens with zero attached hydrogens (tertiary/aromatic N) is 2. The molecule has 0 aliphatic carbocycles. The molecule has 1 unspecified atom stereocenters. The lowest BCUT2D eigenvalue weighted by molar-refractivity contribution is -0.122. The van der Waals surface area contributed by atoms with Crippen molar-refractivity contribution in [2.75, 3.05) is 55.4 Å². The molecule has 1 heterocycles. The SMILES string of the molecule is CC(C(=O)Nc1ccccc1-c1ccccc1)N(C)CC(=O)Nc1ccc(N2CCOCC2)cc1. The van der Waals surface area contributed by atoms with Crippen molar-refractivity contribution in [1.29, 1.82) is 0 Å². The first-order valence-corrected chi connectivity index (χ1v) is 11.9. The van der Waals surface area contributed by atoms with E-state index in [1.165, 1.54) is 0 Å². The lowest BCUT2D eigenvalue weighted by atomic mass is 10.0. The van der Waals surface area contributed by atoms with Crippen LogP contribution in [0.2, 0.25) is 0 Å². The van der Waals surface area contributed by atoms with Gasteiger partial charge >= 0.3 is 0 Å². The molecule has 182 valence electrons. The van der Waals surface area contributed by atoms with E-state index in [1.807, 2.05) is 78.9 Å². The van der Waals surface area contributed by atoms with Crippen molar-refractivity contribution in [3.8, 4) is 11.1 Å². The highest BCUT2D eigenvalue weighted by molar-refractivity contribution is 5.99. The summed E-state index contributed by atoms with van der Waals surface area (Å²) in [6.07, 6.45) is 0. The number of ether oxygens (including phenoxy) is 1. The summed E-state index contributed by atoms with van der Waals surface area (Å²) in [7, 11) is 1.77. The van der Waals surface area contributed by atoms with Crippen LogP contribution in [0.1, 0.15) is 6.92 Å². The Bertz CT molecular complexity index is 1130. The standard InChI is InChI=1S/C28H32N4O3/c1-21(28(34)30-26-11-7-6-10-25(26)22-8-4-3-5-9-22)31(2)20-27(33)29-23-12-14-24(15-13-23)32-16-18-35-19-17-32/h3-15,21H,16-20H2,1-2H3,(H,29,33)(H,30,34). The van der Waals surface area contributed by atoms with E-state index in [0.29, 0.717) is 0 Å². The van der Waals surface area contributed by atoms with Crippen molar-refractivity contribution in [3.05, 3.63) is 78.9 Å². The number of para-hydroxylation sites is 1. The Morgan fingerprint density at radius 1 is 0.914 bits per heavy atom. The van der Waals surface area contributed by atoms with Gasteiger partial charge in [-0.2, -0.15) is 0 Å². The smallest absolute Gasteiger partial charge is 0.241 e. The minimum atomic E-state index is -0.492. The largest absolute Gasteiger partial charge is 0.378 e. The van der Waals surface area contributed by atoms with E-state index in [-0.39, 0.29) is 18.4 Å². The molecule has 3 aromatic carbocycles. The second-order valence-corrected chi connectivity index (χ2v) is 8.69. The molecule has 1 saturated heterocycles. The maximum absolute atomic E-state index is 13.0. The monoisotopic (exact) mass is 472 g/mol. The molecule has 7 heteroatoms. The van der Waals surface area contributed by atoms with Gasteiger partial charge in [0.05, 0.1) is 25.8 Å². The van der Waals surface area contributed by atoms with Gasteiger partial charge in [0.25, 0.3) is 0 Å². The van der Waals surface area contributed by atoms with Crippen molar-refractivity contribution < 1.29 is 14.3 Å². The van der Waals surface area contributed by atoms with Crippen LogP contribution in [0, 0.1) is 0 Å². The molecular formula is C28H32N4O3. The topological polar surface area (TPSA) is 73.9 Å². The Morgan fingerprint density at radius 3 is 2.29 bits per heavy atom.